The maximum Gasteiger partial charge on any atom is 0.0367 e. The van der Waals surface area contributed by atoms with Gasteiger partial charge in [-0.15, -0.1) is 0 Å². The predicted molar refractivity (Wildman–Crippen MR) is 68.5 cm³/mol. The standard InChI is InChI=1S/C12H18N2S/c1-10-9-14(6-7-15-10)12-4-2-11(8-13)3-5-12/h2-5,10H,6-9,13H2,1H3. The third-order valence-electron chi connectivity index (χ3n) is 2.78. The van der Waals surface area contributed by atoms with Crippen molar-refractivity contribution in [2.75, 3.05) is 23.7 Å². The van der Waals surface area contributed by atoms with Gasteiger partial charge < -0.3 is 10.6 Å². The molecule has 1 aromatic carbocycles. The van der Waals surface area contributed by atoms with E-state index in [1.54, 1.807) is 0 Å². The van der Waals surface area contributed by atoms with Gasteiger partial charge in [0.2, 0.25) is 0 Å². The van der Waals surface area contributed by atoms with Gasteiger partial charge >= 0.3 is 0 Å². The van der Waals surface area contributed by atoms with Crippen LogP contribution in [0.3, 0.4) is 0 Å². The van der Waals surface area contributed by atoms with Crippen molar-refractivity contribution in [3.8, 4) is 0 Å². The summed E-state index contributed by atoms with van der Waals surface area (Å²) >= 11 is 2.06. The number of benzene rings is 1. The Balaban J connectivity index is 2.07. The molecule has 1 aliphatic heterocycles. The molecule has 1 aliphatic rings. The molecule has 1 atom stereocenters. The van der Waals surface area contributed by atoms with E-state index in [1.807, 2.05) is 0 Å². The molecule has 0 aliphatic carbocycles. The number of nitrogens with zero attached hydrogens (tertiary/aromatic N) is 1. The minimum absolute atomic E-state index is 0.631. The number of rotatable bonds is 2. The molecule has 15 heavy (non-hydrogen) atoms. The molecule has 1 heterocycles. The summed E-state index contributed by atoms with van der Waals surface area (Å²) in [6.45, 7) is 5.25. The van der Waals surface area contributed by atoms with Crippen LogP contribution in [0.2, 0.25) is 0 Å². The van der Waals surface area contributed by atoms with E-state index >= 15 is 0 Å². The molecular weight excluding hydrogens is 204 g/mol. The molecular formula is C12H18N2S. The van der Waals surface area contributed by atoms with Crippen molar-refractivity contribution in [1.82, 2.24) is 0 Å². The maximum absolute atomic E-state index is 5.58. The first-order chi connectivity index (χ1) is 7.29. The van der Waals surface area contributed by atoms with E-state index in [0.717, 1.165) is 18.3 Å². The fraction of sp³-hybridized carbons (Fsp3) is 0.500. The zero-order chi connectivity index (χ0) is 10.7. The second-order valence-electron chi connectivity index (χ2n) is 4.00. The fourth-order valence-electron chi connectivity index (χ4n) is 1.90. The Morgan fingerprint density at radius 1 is 1.40 bits per heavy atom. The number of thioether (sulfide) groups is 1. The highest BCUT2D eigenvalue weighted by molar-refractivity contribution is 8.00. The van der Waals surface area contributed by atoms with Crippen LogP contribution in [0.15, 0.2) is 24.3 Å². The summed E-state index contributed by atoms with van der Waals surface area (Å²) in [5.74, 6) is 1.24. The number of anilines is 1. The summed E-state index contributed by atoms with van der Waals surface area (Å²) in [5.41, 5.74) is 8.12. The van der Waals surface area contributed by atoms with E-state index in [0.29, 0.717) is 6.54 Å². The van der Waals surface area contributed by atoms with Crippen LogP contribution in [0, 0.1) is 0 Å². The average molecular weight is 222 g/mol. The Labute approximate surface area is 95.8 Å². The maximum atomic E-state index is 5.58. The van der Waals surface area contributed by atoms with Gasteiger partial charge in [0, 0.05) is 36.3 Å². The summed E-state index contributed by atoms with van der Waals surface area (Å²) in [7, 11) is 0. The minimum atomic E-state index is 0.631. The van der Waals surface area contributed by atoms with Crippen LogP contribution in [0.1, 0.15) is 12.5 Å². The van der Waals surface area contributed by atoms with E-state index in [-0.39, 0.29) is 0 Å². The summed E-state index contributed by atoms with van der Waals surface area (Å²) < 4.78 is 0. The molecule has 1 saturated heterocycles. The third-order valence-corrected chi connectivity index (χ3v) is 3.91. The van der Waals surface area contributed by atoms with Crippen molar-refractivity contribution in [3.05, 3.63) is 29.8 Å². The van der Waals surface area contributed by atoms with E-state index in [4.69, 9.17) is 5.73 Å². The van der Waals surface area contributed by atoms with Crippen LogP contribution in [0.5, 0.6) is 0 Å². The number of hydrogen-bond acceptors (Lipinski definition) is 3. The predicted octanol–water partition coefficient (Wildman–Crippen LogP) is 2.09. The first-order valence-electron chi connectivity index (χ1n) is 5.45. The smallest absolute Gasteiger partial charge is 0.0367 e. The topological polar surface area (TPSA) is 29.3 Å². The van der Waals surface area contributed by atoms with E-state index in [1.165, 1.54) is 17.0 Å². The van der Waals surface area contributed by atoms with Crippen molar-refractivity contribution in [2.45, 2.75) is 18.7 Å². The van der Waals surface area contributed by atoms with Crippen LogP contribution in [0.4, 0.5) is 5.69 Å². The van der Waals surface area contributed by atoms with Crippen LogP contribution >= 0.6 is 11.8 Å². The van der Waals surface area contributed by atoms with Gasteiger partial charge in [0.25, 0.3) is 0 Å². The summed E-state index contributed by atoms with van der Waals surface area (Å²) in [6.07, 6.45) is 0. The number of nitrogens with two attached hydrogens (primary N) is 1. The lowest BCUT2D eigenvalue weighted by molar-refractivity contribution is 0.782. The lowest BCUT2D eigenvalue weighted by atomic mass is 10.2. The molecule has 2 N–H and O–H groups in total. The fourth-order valence-corrected chi connectivity index (χ4v) is 2.91. The zero-order valence-corrected chi connectivity index (χ0v) is 9.96. The normalized spacial score (nSPS) is 21.7. The molecule has 0 spiro atoms. The minimum Gasteiger partial charge on any atom is -0.370 e. The summed E-state index contributed by atoms with van der Waals surface area (Å²) in [6, 6.07) is 8.62. The van der Waals surface area contributed by atoms with Gasteiger partial charge in [-0.25, -0.2) is 0 Å². The molecule has 1 unspecified atom stereocenters. The molecule has 1 aromatic rings. The van der Waals surface area contributed by atoms with Crippen molar-refractivity contribution >= 4 is 17.4 Å². The van der Waals surface area contributed by atoms with Gasteiger partial charge in [0.1, 0.15) is 0 Å². The second kappa shape index (κ2) is 4.90. The van der Waals surface area contributed by atoms with Gasteiger partial charge in [-0.2, -0.15) is 11.8 Å². The van der Waals surface area contributed by atoms with Gasteiger partial charge in [0.15, 0.2) is 0 Å². The highest BCUT2D eigenvalue weighted by Crippen LogP contribution is 2.23. The zero-order valence-electron chi connectivity index (χ0n) is 9.15. The Hall–Kier alpha value is -0.670. The van der Waals surface area contributed by atoms with Crippen LogP contribution in [0.25, 0.3) is 0 Å². The van der Waals surface area contributed by atoms with Crippen molar-refractivity contribution in [1.29, 1.82) is 0 Å². The molecule has 2 rings (SSSR count). The summed E-state index contributed by atoms with van der Waals surface area (Å²) in [5, 5.41) is 0.743. The molecule has 3 heteroatoms. The highest BCUT2D eigenvalue weighted by Gasteiger charge is 2.16. The van der Waals surface area contributed by atoms with Crippen LogP contribution < -0.4 is 10.6 Å². The molecule has 0 amide bonds. The Bertz CT molecular complexity index is 310. The molecule has 0 saturated carbocycles. The van der Waals surface area contributed by atoms with Crippen molar-refractivity contribution in [3.63, 3.8) is 0 Å². The number of hydrogen-bond donors (Lipinski definition) is 1. The molecule has 82 valence electrons. The second-order valence-corrected chi connectivity index (χ2v) is 5.54. The monoisotopic (exact) mass is 222 g/mol. The first-order valence-corrected chi connectivity index (χ1v) is 6.50. The summed E-state index contributed by atoms with van der Waals surface area (Å²) in [4.78, 5) is 2.46. The molecule has 0 aromatic heterocycles. The molecule has 1 fully saturated rings. The Kier molecular flexibility index (Phi) is 3.54. The lowest BCUT2D eigenvalue weighted by Gasteiger charge is -2.32. The van der Waals surface area contributed by atoms with Gasteiger partial charge in [-0.1, -0.05) is 19.1 Å². The van der Waals surface area contributed by atoms with Gasteiger partial charge in [0.05, 0.1) is 0 Å². The first kappa shape index (κ1) is 10.8. The van der Waals surface area contributed by atoms with Crippen molar-refractivity contribution in [2.24, 2.45) is 5.73 Å². The quantitative estimate of drug-likeness (QED) is 0.831. The largest absolute Gasteiger partial charge is 0.370 e. The SMILES string of the molecule is CC1CN(c2ccc(CN)cc2)CCS1. The van der Waals surface area contributed by atoms with Gasteiger partial charge in [-0.05, 0) is 17.7 Å². The van der Waals surface area contributed by atoms with E-state index < -0.39 is 0 Å². The Morgan fingerprint density at radius 2 is 2.13 bits per heavy atom. The lowest BCUT2D eigenvalue weighted by Crippen LogP contribution is -2.36. The average Bonchev–Trinajstić information content (AvgIpc) is 2.29. The molecule has 0 bridgehead atoms. The van der Waals surface area contributed by atoms with Crippen LogP contribution in [-0.4, -0.2) is 24.1 Å². The molecule has 2 nitrogen and oxygen atoms in total. The molecule has 0 radical (unpaired) electrons. The Morgan fingerprint density at radius 3 is 2.73 bits per heavy atom. The van der Waals surface area contributed by atoms with E-state index in [2.05, 4.69) is 47.9 Å². The third kappa shape index (κ3) is 2.67. The van der Waals surface area contributed by atoms with Crippen LogP contribution in [-0.2, 0) is 6.54 Å². The van der Waals surface area contributed by atoms with E-state index in [9.17, 15) is 0 Å². The van der Waals surface area contributed by atoms with Gasteiger partial charge in [-0.3, -0.25) is 0 Å². The van der Waals surface area contributed by atoms with Crippen molar-refractivity contribution < 1.29 is 0 Å². The highest BCUT2D eigenvalue weighted by atomic mass is 32.2.